The molecule has 1 nitrogen and oxygen atoms in total. The second-order valence-electron chi connectivity index (χ2n) is 4.48. The Morgan fingerprint density at radius 3 is 2.75 bits per heavy atom. The molecule has 16 heavy (non-hydrogen) atoms. The third-order valence-electron chi connectivity index (χ3n) is 2.82. The van der Waals surface area contributed by atoms with E-state index in [9.17, 15) is 13.9 Å². The molecule has 2 unspecified atom stereocenters. The van der Waals surface area contributed by atoms with Gasteiger partial charge in [-0.3, -0.25) is 0 Å². The molecule has 2 rings (SSSR count). The zero-order valence-corrected chi connectivity index (χ0v) is 9.86. The highest BCUT2D eigenvalue weighted by atomic mass is 32.2. The first kappa shape index (κ1) is 11.9. The van der Waals surface area contributed by atoms with Gasteiger partial charge in [0.05, 0.1) is 5.60 Å². The molecule has 0 aromatic heterocycles. The van der Waals surface area contributed by atoms with Crippen molar-refractivity contribution in [2.45, 2.75) is 30.6 Å². The maximum atomic E-state index is 13.0. The molecule has 0 amide bonds. The van der Waals surface area contributed by atoms with Crippen LogP contribution in [0.15, 0.2) is 18.2 Å². The van der Waals surface area contributed by atoms with Crippen LogP contribution < -0.4 is 0 Å². The van der Waals surface area contributed by atoms with Gasteiger partial charge in [-0.2, -0.15) is 11.8 Å². The minimum absolute atomic E-state index is 0.390. The molecule has 0 spiro atoms. The topological polar surface area (TPSA) is 20.2 Å². The lowest BCUT2D eigenvalue weighted by Crippen LogP contribution is -2.31. The normalized spacial score (nSPS) is 29.6. The number of aliphatic hydroxyl groups is 1. The van der Waals surface area contributed by atoms with Gasteiger partial charge in [-0.05, 0) is 24.1 Å². The number of benzene rings is 1. The average Bonchev–Trinajstić information content (AvgIpc) is 2.52. The minimum Gasteiger partial charge on any atom is -0.389 e. The van der Waals surface area contributed by atoms with Gasteiger partial charge in [-0.15, -0.1) is 0 Å². The molecule has 0 bridgehead atoms. The van der Waals surface area contributed by atoms with Crippen molar-refractivity contribution < 1.29 is 13.9 Å². The van der Waals surface area contributed by atoms with E-state index in [-0.39, 0.29) is 0 Å². The first-order chi connectivity index (χ1) is 7.48. The van der Waals surface area contributed by atoms with Crippen LogP contribution in [-0.4, -0.2) is 21.7 Å². The monoisotopic (exact) mass is 244 g/mol. The van der Waals surface area contributed by atoms with Gasteiger partial charge in [-0.25, -0.2) is 8.78 Å². The van der Waals surface area contributed by atoms with Gasteiger partial charge < -0.3 is 5.11 Å². The molecule has 1 heterocycles. The fourth-order valence-electron chi connectivity index (χ4n) is 2.10. The van der Waals surface area contributed by atoms with Gasteiger partial charge >= 0.3 is 0 Å². The lowest BCUT2D eigenvalue weighted by atomic mass is 9.92. The summed E-state index contributed by atoms with van der Waals surface area (Å²) in [6, 6.07) is 3.81. The third-order valence-corrected chi connectivity index (χ3v) is 4.26. The van der Waals surface area contributed by atoms with Crippen molar-refractivity contribution in [3.05, 3.63) is 35.4 Å². The van der Waals surface area contributed by atoms with E-state index >= 15 is 0 Å². The number of hydrogen-bond acceptors (Lipinski definition) is 2. The van der Waals surface area contributed by atoms with E-state index in [4.69, 9.17) is 0 Å². The van der Waals surface area contributed by atoms with Crippen LogP contribution in [0.1, 0.15) is 18.9 Å². The van der Waals surface area contributed by atoms with Crippen LogP contribution in [0.3, 0.4) is 0 Å². The summed E-state index contributed by atoms with van der Waals surface area (Å²) in [5, 5.41) is 10.7. The summed E-state index contributed by atoms with van der Waals surface area (Å²) < 4.78 is 25.7. The first-order valence-corrected chi connectivity index (χ1v) is 6.31. The van der Waals surface area contributed by atoms with E-state index in [0.29, 0.717) is 29.4 Å². The molecule has 0 aliphatic carbocycles. The van der Waals surface area contributed by atoms with Crippen molar-refractivity contribution in [3.8, 4) is 0 Å². The van der Waals surface area contributed by atoms with Gasteiger partial charge in [-0.1, -0.05) is 13.0 Å². The zero-order valence-electron chi connectivity index (χ0n) is 9.04. The van der Waals surface area contributed by atoms with Crippen LogP contribution in [0.4, 0.5) is 8.78 Å². The molecular formula is C12H14F2OS. The Morgan fingerprint density at radius 1 is 1.44 bits per heavy atom. The summed E-state index contributed by atoms with van der Waals surface area (Å²) >= 11 is 1.71. The molecule has 1 aromatic carbocycles. The molecule has 1 fully saturated rings. The van der Waals surface area contributed by atoms with Gasteiger partial charge in [0, 0.05) is 17.4 Å². The molecule has 2 atom stereocenters. The highest BCUT2D eigenvalue weighted by Crippen LogP contribution is 2.36. The van der Waals surface area contributed by atoms with Crippen LogP contribution in [0.25, 0.3) is 0 Å². The highest BCUT2D eigenvalue weighted by molar-refractivity contribution is 8.00. The van der Waals surface area contributed by atoms with E-state index in [1.54, 1.807) is 11.8 Å². The van der Waals surface area contributed by atoms with Gasteiger partial charge in [0.15, 0.2) is 11.6 Å². The SMILES string of the molecule is CC1CC(O)(Cc2ccc(F)c(F)c2)CS1. The Kier molecular flexibility index (Phi) is 3.22. The molecule has 1 aromatic rings. The Balaban J connectivity index is 2.12. The smallest absolute Gasteiger partial charge is 0.159 e. The zero-order chi connectivity index (χ0) is 11.8. The third kappa shape index (κ3) is 2.55. The standard InChI is InChI=1S/C12H14F2OS/c1-8-5-12(15,7-16-8)6-9-2-3-10(13)11(14)4-9/h2-4,8,15H,5-7H2,1H3. The molecule has 1 N–H and O–H groups in total. The Morgan fingerprint density at radius 2 is 2.19 bits per heavy atom. The van der Waals surface area contributed by atoms with Crippen molar-refractivity contribution in [1.29, 1.82) is 0 Å². The summed E-state index contributed by atoms with van der Waals surface area (Å²) in [5.74, 6) is -1.03. The molecule has 0 saturated carbocycles. The van der Waals surface area contributed by atoms with Crippen LogP contribution in [0.2, 0.25) is 0 Å². The highest BCUT2D eigenvalue weighted by Gasteiger charge is 2.35. The molecular weight excluding hydrogens is 230 g/mol. The van der Waals surface area contributed by atoms with Crippen LogP contribution in [-0.2, 0) is 6.42 Å². The lowest BCUT2D eigenvalue weighted by Gasteiger charge is -2.21. The van der Waals surface area contributed by atoms with Gasteiger partial charge in [0.25, 0.3) is 0 Å². The second-order valence-corrected chi connectivity index (χ2v) is 5.90. The van der Waals surface area contributed by atoms with E-state index < -0.39 is 17.2 Å². The largest absolute Gasteiger partial charge is 0.389 e. The van der Waals surface area contributed by atoms with Crippen molar-refractivity contribution in [2.24, 2.45) is 0 Å². The summed E-state index contributed by atoms with van der Waals surface area (Å²) in [4.78, 5) is 0. The summed E-state index contributed by atoms with van der Waals surface area (Å²) in [6.45, 7) is 2.06. The van der Waals surface area contributed by atoms with E-state index in [2.05, 4.69) is 6.92 Å². The summed E-state index contributed by atoms with van der Waals surface area (Å²) in [5.41, 5.74) is -0.120. The van der Waals surface area contributed by atoms with Gasteiger partial charge in [0.2, 0.25) is 0 Å². The molecule has 1 saturated heterocycles. The predicted molar refractivity (Wildman–Crippen MR) is 61.5 cm³/mol. The fourth-order valence-corrected chi connectivity index (χ4v) is 3.35. The maximum absolute atomic E-state index is 13.0. The molecule has 1 aliphatic rings. The maximum Gasteiger partial charge on any atom is 0.159 e. The molecule has 88 valence electrons. The van der Waals surface area contributed by atoms with Crippen LogP contribution in [0.5, 0.6) is 0 Å². The number of thioether (sulfide) groups is 1. The van der Waals surface area contributed by atoms with Crippen molar-refractivity contribution in [2.75, 3.05) is 5.75 Å². The summed E-state index contributed by atoms with van der Waals surface area (Å²) in [6.07, 6.45) is 1.10. The molecule has 1 aliphatic heterocycles. The molecule has 4 heteroatoms. The Hall–Kier alpha value is -0.610. The van der Waals surface area contributed by atoms with Crippen molar-refractivity contribution >= 4 is 11.8 Å². The van der Waals surface area contributed by atoms with Gasteiger partial charge in [0.1, 0.15) is 0 Å². The predicted octanol–water partition coefficient (Wildman–Crippen LogP) is 2.76. The average molecular weight is 244 g/mol. The Bertz CT molecular complexity index is 397. The van der Waals surface area contributed by atoms with E-state index in [1.807, 2.05) is 0 Å². The first-order valence-electron chi connectivity index (χ1n) is 5.26. The van der Waals surface area contributed by atoms with E-state index in [1.165, 1.54) is 12.1 Å². The number of rotatable bonds is 2. The van der Waals surface area contributed by atoms with Crippen molar-refractivity contribution in [1.82, 2.24) is 0 Å². The second kappa shape index (κ2) is 4.34. The van der Waals surface area contributed by atoms with E-state index in [0.717, 1.165) is 6.07 Å². The fraction of sp³-hybridized carbons (Fsp3) is 0.500. The minimum atomic E-state index is -0.847. The number of hydrogen-bond donors (Lipinski definition) is 1. The molecule has 0 radical (unpaired) electrons. The van der Waals surface area contributed by atoms with Crippen LogP contribution >= 0.6 is 11.8 Å². The number of halogens is 2. The summed E-state index contributed by atoms with van der Waals surface area (Å²) in [7, 11) is 0. The van der Waals surface area contributed by atoms with Crippen molar-refractivity contribution in [3.63, 3.8) is 0 Å². The quantitative estimate of drug-likeness (QED) is 0.863. The van der Waals surface area contributed by atoms with Crippen LogP contribution in [0, 0.1) is 11.6 Å². The lowest BCUT2D eigenvalue weighted by molar-refractivity contribution is 0.0642. The Labute approximate surface area is 97.9 Å².